The first-order valence-electron chi connectivity index (χ1n) is 9.87. The molecule has 3 aliphatic rings. The van der Waals surface area contributed by atoms with Gasteiger partial charge in [-0.3, -0.25) is 0 Å². The van der Waals surface area contributed by atoms with Crippen molar-refractivity contribution in [3.05, 3.63) is 35.4 Å². The average Bonchev–Trinajstić information content (AvgIpc) is 3.31. The van der Waals surface area contributed by atoms with Crippen LogP contribution in [0.4, 0.5) is 0 Å². The van der Waals surface area contributed by atoms with Crippen LogP contribution in [0.5, 0.6) is 0 Å². The maximum absolute atomic E-state index is 11.4. The summed E-state index contributed by atoms with van der Waals surface area (Å²) in [6, 6.07) is 7.71. The highest BCUT2D eigenvalue weighted by Crippen LogP contribution is 2.47. The Morgan fingerprint density at radius 3 is 2.30 bits per heavy atom. The number of hydrogen-bond acceptors (Lipinski definition) is 4. The number of ether oxygens (including phenoxy) is 1. The lowest BCUT2D eigenvalue weighted by molar-refractivity contribution is 0.0767. The number of guanidine groups is 1. The Morgan fingerprint density at radius 1 is 1.15 bits per heavy atom. The van der Waals surface area contributed by atoms with Crippen LogP contribution < -0.4 is 5.32 Å². The van der Waals surface area contributed by atoms with E-state index < -0.39 is 9.84 Å². The topological polar surface area (TPSA) is 71.0 Å². The number of fused-ring (bicyclic) bond motifs is 5. The molecule has 4 atom stereocenters. The van der Waals surface area contributed by atoms with Gasteiger partial charge in [0.1, 0.15) is 0 Å². The molecule has 4 unspecified atom stereocenters. The number of nitrogens with zero attached hydrogens (tertiary/aromatic N) is 2. The second-order valence-electron chi connectivity index (χ2n) is 8.08. The molecular formula is C20H29N3O3S. The van der Waals surface area contributed by atoms with Gasteiger partial charge in [0.05, 0.1) is 24.5 Å². The van der Waals surface area contributed by atoms with Crippen molar-refractivity contribution in [3.8, 4) is 0 Å². The molecule has 148 valence electrons. The Hall–Kier alpha value is -1.60. The summed E-state index contributed by atoms with van der Waals surface area (Å²) in [5, 5.41) is 3.43. The molecule has 3 fully saturated rings. The Kier molecular flexibility index (Phi) is 5.16. The third kappa shape index (κ3) is 4.14. The summed E-state index contributed by atoms with van der Waals surface area (Å²) < 4.78 is 28.9. The van der Waals surface area contributed by atoms with Crippen molar-refractivity contribution in [3.63, 3.8) is 0 Å². The molecule has 27 heavy (non-hydrogen) atoms. The number of nitrogens with one attached hydrogen (secondary N) is 1. The van der Waals surface area contributed by atoms with Gasteiger partial charge < -0.3 is 15.0 Å². The maximum atomic E-state index is 11.4. The number of sulfone groups is 1. The fourth-order valence-electron chi connectivity index (χ4n) is 4.77. The van der Waals surface area contributed by atoms with E-state index in [2.05, 4.69) is 17.1 Å². The van der Waals surface area contributed by atoms with E-state index in [-0.39, 0.29) is 5.75 Å². The normalized spacial score (nSPS) is 30.0. The van der Waals surface area contributed by atoms with Gasteiger partial charge in [-0.05, 0) is 30.9 Å². The highest BCUT2D eigenvalue weighted by Gasteiger charge is 2.53. The fraction of sp³-hybridized carbons (Fsp3) is 0.650. The molecule has 4 rings (SSSR count). The summed E-state index contributed by atoms with van der Waals surface area (Å²) in [7, 11) is -3.00. The third-order valence-corrected chi connectivity index (χ3v) is 6.81. The van der Waals surface area contributed by atoms with Crippen LogP contribution in [0, 0.1) is 11.8 Å². The highest BCUT2D eigenvalue weighted by atomic mass is 32.2. The van der Waals surface area contributed by atoms with Crippen molar-refractivity contribution in [2.24, 2.45) is 16.8 Å². The summed E-state index contributed by atoms with van der Waals surface area (Å²) in [6.07, 6.45) is 4.60. The Labute approximate surface area is 161 Å². The molecule has 0 spiro atoms. The minimum atomic E-state index is -3.00. The molecule has 7 heteroatoms. The van der Waals surface area contributed by atoms with Gasteiger partial charge in [0.15, 0.2) is 15.8 Å². The van der Waals surface area contributed by atoms with Crippen LogP contribution >= 0.6 is 0 Å². The van der Waals surface area contributed by atoms with E-state index in [1.165, 1.54) is 19.1 Å². The maximum Gasteiger partial charge on any atom is 0.194 e. The largest absolute Gasteiger partial charge is 0.374 e. The molecule has 3 saturated heterocycles. The van der Waals surface area contributed by atoms with Gasteiger partial charge in [0, 0.05) is 37.7 Å². The smallest absolute Gasteiger partial charge is 0.194 e. The molecular weight excluding hydrogens is 362 g/mol. The van der Waals surface area contributed by atoms with Gasteiger partial charge in [-0.25, -0.2) is 13.4 Å². The molecule has 1 aromatic rings. The van der Waals surface area contributed by atoms with Crippen molar-refractivity contribution < 1.29 is 13.2 Å². The fourth-order valence-corrected chi connectivity index (χ4v) is 5.57. The lowest BCUT2D eigenvalue weighted by Gasteiger charge is -2.23. The van der Waals surface area contributed by atoms with Gasteiger partial charge in [-0.2, -0.15) is 0 Å². The molecule has 6 nitrogen and oxygen atoms in total. The number of benzene rings is 1. The average molecular weight is 392 g/mol. The number of likely N-dealkylation sites (tertiary alicyclic amines) is 1. The molecule has 0 aromatic heterocycles. The van der Waals surface area contributed by atoms with Gasteiger partial charge in [0.25, 0.3) is 0 Å². The van der Waals surface area contributed by atoms with Crippen molar-refractivity contribution in [2.75, 3.05) is 25.9 Å². The lowest BCUT2D eigenvalue weighted by atomic mass is 9.82. The Morgan fingerprint density at radius 2 is 1.74 bits per heavy atom. The molecule has 0 aliphatic carbocycles. The Bertz CT molecular complexity index is 788. The zero-order valence-electron chi connectivity index (χ0n) is 16.1. The molecule has 1 aromatic carbocycles. The predicted octanol–water partition coefficient (Wildman–Crippen LogP) is 1.81. The minimum absolute atomic E-state index is 0.0835. The standard InChI is InChI=1S/C20H29N3O3S/c1-3-21-20(23-11-16-17(12-23)19-9-8-18(16)26-19)22-10-14-4-6-15(7-5-14)13-27(2,24)25/h4-7,16-19H,3,8-13H2,1-2H3,(H,21,22). The highest BCUT2D eigenvalue weighted by molar-refractivity contribution is 7.89. The zero-order chi connectivity index (χ0) is 19.0. The summed E-state index contributed by atoms with van der Waals surface area (Å²) in [5.74, 6) is 2.37. The SMILES string of the molecule is CCNC(=NCc1ccc(CS(C)(=O)=O)cc1)N1CC2C3CCC(O3)C2C1. The third-order valence-electron chi connectivity index (χ3n) is 5.95. The summed E-state index contributed by atoms with van der Waals surface area (Å²) in [6.45, 7) is 5.60. The molecule has 0 radical (unpaired) electrons. The molecule has 2 bridgehead atoms. The van der Waals surface area contributed by atoms with Gasteiger partial charge in [-0.15, -0.1) is 0 Å². The van der Waals surface area contributed by atoms with E-state index in [1.54, 1.807) is 0 Å². The predicted molar refractivity (Wildman–Crippen MR) is 106 cm³/mol. The van der Waals surface area contributed by atoms with Crippen LogP contribution in [0.1, 0.15) is 30.9 Å². The van der Waals surface area contributed by atoms with E-state index >= 15 is 0 Å². The van der Waals surface area contributed by atoms with E-state index in [0.717, 1.165) is 36.7 Å². The molecule has 3 heterocycles. The minimum Gasteiger partial charge on any atom is -0.374 e. The summed E-state index contributed by atoms with van der Waals surface area (Å²) in [4.78, 5) is 7.23. The van der Waals surface area contributed by atoms with Crippen LogP contribution in [-0.4, -0.2) is 57.4 Å². The van der Waals surface area contributed by atoms with Crippen molar-refractivity contribution in [1.82, 2.24) is 10.2 Å². The van der Waals surface area contributed by atoms with Gasteiger partial charge in [0.2, 0.25) is 0 Å². The molecule has 3 aliphatic heterocycles. The lowest BCUT2D eigenvalue weighted by Crippen LogP contribution is -2.41. The second-order valence-corrected chi connectivity index (χ2v) is 10.2. The van der Waals surface area contributed by atoms with Crippen molar-refractivity contribution >= 4 is 15.8 Å². The van der Waals surface area contributed by atoms with E-state index in [4.69, 9.17) is 9.73 Å². The molecule has 0 saturated carbocycles. The Balaban J connectivity index is 1.41. The van der Waals surface area contributed by atoms with Gasteiger partial charge >= 0.3 is 0 Å². The second kappa shape index (κ2) is 7.43. The monoisotopic (exact) mass is 391 g/mol. The number of hydrogen-bond donors (Lipinski definition) is 1. The van der Waals surface area contributed by atoms with Crippen LogP contribution in [0.15, 0.2) is 29.3 Å². The summed E-state index contributed by atoms with van der Waals surface area (Å²) in [5.41, 5.74) is 1.91. The molecule has 1 N–H and O–H groups in total. The van der Waals surface area contributed by atoms with Gasteiger partial charge in [-0.1, -0.05) is 24.3 Å². The van der Waals surface area contributed by atoms with Crippen LogP contribution in [-0.2, 0) is 26.9 Å². The number of rotatable bonds is 5. The van der Waals surface area contributed by atoms with E-state index in [0.29, 0.717) is 30.6 Å². The van der Waals surface area contributed by atoms with E-state index in [1.807, 2.05) is 24.3 Å². The van der Waals surface area contributed by atoms with E-state index in [9.17, 15) is 8.42 Å². The first-order chi connectivity index (χ1) is 12.9. The molecule has 0 amide bonds. The van der Waals surface area contributed by atoms with Crippen LogP contribution in [0.2, 0.25) is 0 Å². The zero-order valence-corrected chi connectivity index (χ0v) is 16.9. The summed E-state index contributed by atoms with van der Waals surface area (Å²) >= 11 is 0. The van der Waals surface area contributed by atoms with Crippen molar-refractivity contribution in [1.29, 1.82) is 0 Å². The van der Waals surface area contributed by atoms with Crippen LogP contribution in [0.25, 0.3) is 0 Å². The van der Waals surface area contributed by atoms with Crippen molar-refractivity contribution in [2.45, 2.75) is 44.3 Å². The number of aliphatic imine (C=N–C) groups is 1. The first-order valence-corrected chi connectivity index (χ1v) is 11.9. The quantitative estimate of drug-likeness (QED) is 0.612. The van der Waals surface area contributed by atoms with Crippen LogP contribution in [0.3, 0.4) is 0 Å². The first kappa shape index (κ1) is 18.7.